The number of Topliss-reactive ketones (excluding diaryl/α,β-unsaturated/α-hetero) is 1. The number of nitrogens with zero attached hydrogens (tertiary/aromatic N) is 1. The molecule has 3 aliphatic rings. The standard InChI is InChI=1S/C19H23N3O3/c23-17-9-15-6-7-16(10-17)22(15)11-18(24)20-14-3-1-2-12(8-14)19(25)21-13-4-5-13/h1-3,8,13,15-16H,4-7,9-11H2,(H,20,24)(H,21,25). The van der Waals surface area contributed by atoms with Gasteiger partial charge in [0.2, 0.25) is 5.91 Å². The van der Waals surface area contributed by atoms with E-state index in [9.17, 15) is 14.4 Å². The third-order valence-corrected chi connectivity index (χ3v) is 5.35. The molecule has 0 radical (unpaired) electrons. The molecular formula is C19H23N3O3. The van der Waals surface area contributed by atoms with Crippen molar-refractivity contribution >= 4 is 23.3 Å². The van der Waals surface area contributed by atoms with E-state index in [0.29, 0.717) is 42.5 Å². The number of amides is 2. The maximum absolute atomic E-state index is 12.4. The van der Waals surface area contributed by atoms with Gasteiger partial charge in [0.25, 0.3) is 5.91 Å². The van der Waals surface area contributed by atoms with Crippen LogP contribution in [-0.4, -0.2) is 47.2 Å². The fourth-order valence-corrected chi connectivity index (χ4v) is 3.92. The maximum Gasteiger partial charge on any atom is 0.251 e. The van der Waals surface area contributed by atoms with E-state index in [0.717, 1.165) is 25.7 Å². The van der Waals surface area contributed by atoms with Crippen LogP contribution in [0.1, 0.15) is 48.9 Å². The van der Waals surface area contributed by atoms with Crippen LogP contribution in [-0.2, 0) is 9.59 Å². The summed E-state index contributed by atoms with van der Waals surface area (Å²) in [6, 6.07) is 7.78. The summed E-state index contributed by atoms with van der Waals surface area (Å²) < 4.78 is 0. The fraction of sp³-hybridized carbons (Fsp3) is 0.526. The second-order valence-electron chi connectivity index (χ2n) is 7.38. The lowest BCUT2D eigenvalue weighted by Gasteiger charge is -2.33. The summed E-state index contributed by atoms with van der Waals surface area (Å²) in [5.41, 5.74) is 1.20. The maximum atomic E-state index is 12.4. The first-order valence-corrected chi connectivity index (χ1v) is 9.07. The van der Waals surface area contributed by atoms with Gasteiger partial charge in [-0.15, -0.1) is 0 Å². The molecule has 0 aromatic heterocycles. The topological polar surface area (TPSA) is 78.5 Å². The minimum absolute atomic E-state index is 0.0915. The van der Waals surface area contributed by atoms with Crippen LogP contribution < -0.4 is 10.6 Å². The number of hydrogen-bond acceptors (Lipinski definition) is 4. The Balaban J connectivity index is 1.36. The van der Waals surface area contributed by atoms with Gasteiger partial charge in [-0.2, -0.15) is 0 Å². The molecule has 2 unspecified atom stereocenters. The molecule has 25 heavy (non-hydrogen) atoms. The van der Waals surface area contributed by atoms with Crippen LogP contribution in [0.3, 0.4) is 0 Å². The van der Waals surface area contributed by atoms with Crippen molar-refractivity contribution in [2.45, 2.75) is 56.7 Å². The third-order valence-electron chi connectivity index (χ3n) is 5.35. The molecule has 2 N–H and O–H groups in total. The van der Waals surface area contributed by atoms with E-state index < -0.39 is 0 Å². The van der Waals surface area contributed by atoms with Gasteiger partial charge >= 0.3 is 0 Å². The van der Waals surface area contributed by atoms with Crippen molar-refractivity contribution in [2.75, 3.05) is 11.9 Å². The molecule has 2 saturated heterocycles. The summed E-state index contributed by atoms with van der Waals surface area (Å²) in [5.74, 6) is 0.135. The lowest BCUT2D eigenvalue weighted by molar-refractivity contribution is -0.126. The molecule has 1 aromatic rings. The van der Waals surface area contributed by atoms with Crippen LogP contribution in [0.4, 0.5) is 5.69 Å². The summed E-state index contributed by atoms with van der Waals surface area (Å²) in [6.07, 6.45) is 5.23. The average molecular weight is 341 g/mol. The average Bonchev–Trinajstić information content (AvgIpc) is 3.35. The number of anilines is 1. The highest BCUT2D eigenvalue weighted by Crippen LogP contribution is 2.33. The van der Waals surface area contributed by atoms with Crippen molar-refractivity contribution < 1.29 is 14.4 Å². The minimum atomic E-state index is -0.0917. The second kappa shape index (κ2) is 6.59. The summed E-state index contributed by atoms with van der Waals surface area (Å²) in [5, 5.41) is 5.84. The van der Waals surface area contributed by atoms with Crippen molar-refractivity contribution in [1.82, 2.24) is 10.2 Å². The molecule has 2 amide bonds. The molecule has 2 atom stereocenters. The van der Waals surface area contributed by atoms with E-state index in [2.05, 4.69) is 15.5 Å². The van der Waals surface area contributed by atoms with Gasteiger partial charge < -0.3 is 10.6 Å². The van der Waals surface area contributed by atoms with Crippen LogP contribution in [0, 0.1) is 0 Å². The molecular weight excluding hydrogens is 318 g/mol. The molecule has 2 heterocycles. The van der Waals surface area contributed by atoms with Gasteiger partial charge in [0, 0.05) is 42.2 Å². The van der Waals surface area contributed by atoms with E-state index in [-0.39, 0.29) is 23.9 Å². The third kappa shape index (κ3) is 3.74. The summed E-state index contributed by atoms with van der Waals surface area (Å²) >= 11 is 0. The molecule has 2 aliphatic heterocycles. The van der Waals surface area contributed by atoms with Gasteiger partial charge in [-0.25, -0.2) is 0 Å². The van der Waals surface area contributed by atoms with E-state index in [1.54, 1.807) is 24.3 Å². The predicted octanol–water partition coefficient (Wildman–Crippen LogP) is 1.71. The van der Waals surface area contributed by atoms with Crippen LogP contribution in [0.5, 0.6) is 0 Å². The molecule has 1 aromatic carbocycles. The minimum Gasteiger partial charge on any atom is -0.349 e. The Bertz CT molecular complexity index is 698. The number of hydrogen-bond donors (Lipinski definition) is 2. The highest BCUT2D eigenvalue weighted by molar-refractivity contribution is 5.98. The monoisotopic (exact) mass is 341 g/mol. The van der Waals surface area contributed by atoms with E-state index >= 15 is 0 Å². The smallest absolute Gasteiger partial charge is 0.251 e. The van der Waals surface area contributed by atoms with Crippen LogP contribution in [0.25, 0.3) is 0 Å². The largest absolute Gasteiger partial charge is 0.349 e. The van der Waals surface area contributed by atoms with Gasteiger partial charge in [0.1, 0.15) is 5.78 Å². The fourth-order valence-electron chi connectivity index (χ4n) is 3.92. The lowest BCUT2D eigenvalue weighted by atomic mass is 10.0. The van der Waals surface area contributed by atoms with Crippen molar-refractivity contribution in [3.8, 4) is 0 Å². The number of ketones is 1. The van der Waals surface area contributed by atoms with E-state index in [1.807, 2.05) is 0 Å². The molecule has 0 spiro atoms. The Labute approximate surface area is 147 Å². The molecule has 132 valence electrons. The van der Waals surface area contributed by atoms with Gasteiger partial charge in [0.15, 0.2) is 0 Å². The zero-order chi connectivity index (χ0) is 17.4. The van der Waals surface area contributed by atoms with Crippen LogP contribution in [0.2, 0.25) is 0 Å². The highest BCUT2D eigenvalue weighted by atomic mass is 16.2. The highest BCUT2D eigenvalue weighted by Gasteiger charge is 2.40. The second-order valence-corrected chi connectivity index (χ2v) is 7.38. The molecule has 6 heteroatoms. The molecule has 3 fully saturated rings. The summed E-state index contributed by atoms with van der Waals surface area (Å²) in [7, 11) is 0. The zero-order valence-electron chi connectivity index (χ0n) is 14.2. The number of carbonyl (C=O) groups is 3. The SMILES string of the molecule is O=C1CC2CCC(C1)N2CC(=O)Nc1cccc(C(=O)NC2CC2)c1. The quantitative estimate of drug-likeness (QED) is 0.855. The number of carbonyl (C=O) groups excluding carboxylic acids is 3. The Morgan fingerprint density at radius 3 is 2.48 bits per heavy atom. The summed E-state index contributed by atoms with van der Waals surface area (Å²) in [4.78, 5) is 38.4. The Morgan fingerprint density at radius 2 is 1.80 bits per heavy atom. The van der Waals surface area contributed by atoms with Crippen molar-refractivity contribution in [1.29, 1.82) is 0 Å². The molecule has 2 bridgehead atoms. The first kappa shape index (κ1) is 16.3. The van der Waals surface area contributed by atoms with Gasteiger partial charge in [-0.3, -0.25) is 19.3 Å². The van der Waals surface area contributed by atoms with E-state index in [4.69, 9.17) is 0 Å². The van der Waals surface area contributed by atoms with Crippen LogP contribution in [0.15, 0.2) is 24.3 Å². The van der Waals surface area contributed by atoms with Gasteiger partial charge in [0.05, 0.1) is 6.54 Å². The number of piperidine rings is 1. The number of nitrogens with one attached hydrogen (secondary N) is 2. The van der Waals surface area contributed by atoms with Gasteiger partial charge in [-0.05, 0) is 43.9 Å². The number of benzene rings is 1. The molecule has 6 nitrogen and oxygen atoms in total. The first-order chi connectivity index (χ1) is 12.1. The summed E-state index contributed by atoms with van der Waals surface area (Å²) in [6.45, 7) is 0.307. The van der Waals surface area contributed by atoms with Crippen LogP contribution >= 0.6 is 0 Å². The number of fused-ring (bicyclic) bond motifs is 2. The molecule has 1 saturated carbocycles. The molecule has 4 rings (SSSR count). The Morgan fingerprint density at radius 1 is 1.08 bits per heavy atom. The van der Waals surface area contributed by atoms with Crippen molar-refractivity contribution in [3.63, 3.8) is 0 Å². The predicted molar refractivity (Wildman–Crippen MR) is 93.3 cm³/mol. The lowest BCUT2D eigenvalue weighted by Crippen LogP contribution is -2.46. The normalized spacial score (nSPS) is 25.7. The zero-order valence-corrected chi connectivity index (χ0v) is 14.2. The number of rotatable bonds is 5. The van der Waals surface area contributed by atoms with Gasteiger partial charge in [-0.1, -0.05) is 6.07 Å². The van der Waals surface area contributed by atoms with Crippen molar-refractivity contribution in [3.05, 3.63) is 29.8 Å². The molecule has 1 aliphatic carbocycles. The Kier molecular flexibility index (Phi) is 4.29. The Hall–Kier alpha value is -2.21. The first-order valence-electron chi connectivity index (χ1n) is 9.07. The van der Waals surface area contributed by atoms with E-state index in [1.165, 1.54) is 0 Å². The van der Waals surface area contributed by atoms with Crippen molar-refractivity contribution in [2.24, 2.45) is 0 Å².